The number of fused-ring (bicyclic) bond motifs is 10. The molecule has 43 heavy (non-hydrogen) atoms. The minimum absolute atomic E-state index is 0.510. The van der Waals surface area contributed by atoms with Gasteiger partial charge in [-0.3, -0.25) is 4.57 Å². The van der Waals surface area contributed by atoms with Crippen LogP contribution in [-0.2, 0) is 0 Å². The van der Waals surface area contributed by atoms with Gasteiger partial charge in [0.05, 0.1) is 11.0 Å². The van der Waals surface area contributed by atoms with E-state index in [2.05, 4.69) is 77.4 Å². The second-order valence-electron chi connectivity index (χ2n) is 11.0. The Morgan fingerprint density at radius 3 is 2.02 bits per heavy atom. The highest BCUT2D eigenvalue weighted by Crippen LogP contribution is 2.42. The van der Waals surface area contributed by atoms with Crippen molar-refractivity contribution >= 4 is 76.7 Å². The summed E-state index contributed by atoms with van der Waals surface area (Å²) < 4.78 is 14.9. The number of hydrogen-bond donors (Lipinski definition) is 0. The third-order valence-corrected chi connectivity index (χ3v) is 8.60. The van der Waals surface area contributed by atoms with Gasteiger partial charge in [-0.05, 0) is 53.2 Å². The summed E-state index contributed by atoms with van der Waals surface area (Å²) >= 11 is 0. The zero-order valence-corrected chi connectivity index (χ0v) is 22.8. The van der Waals surface area contributed by atoms with Gasteiger partial charge in [-0.1, -0.05) is 84.9 Å². The summed E-state index contributed by atoms with van der Waals surface area (Å²) in [4.78, 5) is 10.7. The summed E-state index contributed by atoms with van der Waals surface area (Å²) in [5, 5.41) is 7.71. The quantitative estimate of drug-likeness (QED) is 0.214. The van der Waals surface area contributed by atoms with E-state index in [1.807, 2.05) is 54.6 Å². The maximum Gasteiger partial charge on any atom is 0.247 e. The summed E-state index contributed by atoms with van der Waals surface area (Å²) in [5.41, 5.74) is 7.49. The van der Waals surface area contributed by atoms with Crippen LogP contribution < -0.4 is 0 Å². The molecule has 5 heteroatoms. The molecular formula is C38H21N3O2. The molecule has 0 unspecified atom stereocenters. The first kappa shape index (κ1) is 22.7. The molecule has 0 saturated carbocycles. The number of benzene rings is 6. The molecule has 10 aromatic rings. The lowest BCUT2D eigenvalue weighted by Crippen LogP contribution is -2.03. The summed E-state index contributed by atoms with van der Waals surface area (Å²) in [6.07, 6.45) is 0. The van der Waals surface area contributed by atoms with E-state index < -0.39 is 0 Å². The van der Waals surface area contributed by atoms with E-state index in [0.717, 1.165) is 66.5 Å². The number of hydrogen-bond acceptors (Lipinski definition) is 4. The third-order valence-electron chi connectivity index (χ3n) is 8.60. The van der Waals surface area contributed by atoms with Gasteiger partial charge in [-0.2, -0.15) is 0 Å². The molecule has 0 radical (unpaired) electrons. The molecule has 0 bridgehead atoms. The van der Waals surface area contributed by atoms with Crippen molar-refractivity contribution in [3.8, 4) is 17.1 Å². The number of furan rings is 2. The number of rotatable bonds is 2. The molecule has 200 valence electrons. The van der Waals surface area contributed by atoms with E-state index in [4.69, 9.17) is 18.8 Å². The Bertz CT molecular complexity index is 2750. The number of nitrogens with zero attached hydrogens (tertiary/aromatic N) is 3. The van der Waals surface area contributed by atoms with Crippen molar-refractivity contribution < 1.29 is 8.83 Å². The second kappa shape index (κ2) is 8.30. The van der Waals surface area contributed by atoms with Gasteiger partial charge in [-0.15, -0.1) is 0 Å². The highest BCUT2D eigenvalue weighted by atomic mass is 16.3. The molecule has 5 nitrogen and oxygen atoms in total. The first-order valence-electron chi connectivity index (χ1n) is 14.3. The highest BCUT2D eigenvalue weighted by molar-refractivity contribution is 6.16. The van der Waals surface area contributed by atoms with Crippen LogP contribution in [0.4, 0.5) is 0 Å². The van der Waals surface area contributed by atoms with Gasteiger partial charge in [0.25, 0.3) is 0 Å². The van der Waals surface area contributed by atoms with Gasteiger partial charge >= 0.3 is 0 Å². The van der Waals surface area contributed by atoms with E-state index in [9.17, 15) is 0 Å². The van der Waals surface area contributed by atoms with Crippen LogP contribution in [0.1, 0.15) is 0 Å². The lowest BCUT2D eigenvalue weighted by atomic mass is 10.0. The van der Waals surface area contributed by atoms with Crippen LogP contribution in [0.25, 0.3) is 93.8 Å². The molecule has 0 aliphatic carbocycles. The molecule has 0 amide bonds. The van der Waals surface area contributed by atoms with Crippen molar-refractivity contribution in [3.63, 3.8) is 0 Å². The van der Waals surface area contributed by atoms with Crippen molar-refractivity contribution in [2.45, 2.75) is 0 Å². The smallest absolute Gasteiger partial charge is 0.247 e. The Morgan fingerprint density at radius 1 is 0.488 bits per heavy atom. The lowest BCUT2D eigenvalue weighted by molar-refractivity contribution is 0.653. The molecule has 0 aliphatic heterocycles. The molecule has 6 aromatic carbocycles. The largest absolute Gasteiger partial charge is 0.456 e. The predicted molar refractivity (Wildman–Crippen MR) is 174 cm³/mol. The standard InChI is InChI=1S/C38H21N3O2/c1-2-11-23-21-30-28(20-22(23)10-1)24-12-3-6-16-29(24)41(30)37-35(40-38-36(39-37)26-14-5-8-18-32(26)43-38)27-15-9-19-33-34(27)25-13-4-7-17-31(25)42-33/h1-21H. The topological polar surface area (TPSA) is 57.0 Å². The van der Waals surface area contributed by atoms with Gasteiger partial charge in [0.2, 0.25) is 5.71 Å². The lowest BCUT2D eigenvalue weighted by Gasteiger charge is -2.13. The van der Waals surface area contributed by atoms with Crippen molar-refractivity contribution in [2.24, 2.45) is 0 Å². The minimum Gasteiger partial charge on any atom is -0.456 e. The summed E-state index contributed by atoms with van der Waals surface area (Å²) in [6.45, 7) is 0. The number of para-hydroxylation sites is 3. The molecule has 4 heterocycles. The van der Waals surface area contributed by atoms with Crippen LogP contribution in [0.15, 0.2) is 136 Å². The molecule has 4 aromatic heterocycles. The molecule has 0 atom stereocenters. The van der Waals surface area contributed by atoms with Crippen LogP contribution in [0.2, 0.25) is 0 Å². The third kappa shape index (κ3) is 3.11. The fourth-order valence-corrected chi connectivity index (χ4v) is 6.71. The van der Waals surface area contributed by atoms with Crippen molar-refractivity contribution in [1.82, 2.24) is 14.5 Å². The predicted octanol–water partition coefficient (Wildman–Crippen LogP) is 10.2. The average Bonchev–Trinajstić information content (AvgIpc) is 3.72. The Balaban J connectivity index is 1.42. The van der Waals surface area contributed by atoms with E-state index >= 15 is 0 Å². The SMILES string of the molecule is c1ccc2cc3c(cc2c1)c1ccccc1n3-c1nc2c(nc1-c1cccc3oc4ccccc4c13)oc1ccccc12. The zero-order valence-electron chi connectivity index (χ0n) is 22.8. The monoisotopic (exact) mass is 551 g/mol. The Labute approximate surface area is 244 Å². The van der Waals surface area contributed by atoms with E-state index in [-0.39, 0.29) is 0 Å². The van der Waals surface area contributed by atoms with E-state index in [0.29, 0.717) is 5.71 Å². The number of aromatic nitrogens is 3. The molecule has 0 spiro atoms. The molecular weight excluding hydrogens is 530 g/mol. The zero-order chi connectivity index (χ0) is 28.1. The Hall–Kier alpha value is -5.94. The Morgan fingerprint density at radius 2 is 1.16 bits per heavy atom. The van der Waals surface area contributed by atoms with Crippen LogP contribution in [-0.4, -0.2) is 14.5 Å². The fraction of sp³-hybridized carbons (Fsp3) is 0. The highest BCUT2D eigenvalue weighted by Gasteiger charge is 2.24. The van der Waals surface area contributed by atoms with Crippen LogP contribution >= 0.6 is 0 Å². The second-order valence-corrected chi connectivity index (χ2v) is 11.0. The van der Waals surface area contributed by atoms with Gasteiger partial charge < -0.3 is 8.83 Å². The van der Waals surface area contributed by atoms with Gasteiger partial charge in [0.15, 0.2) is 5.82 Å². The molecule has 10 rings (SSSR count). The summed E-state index contributed by atoms with van der Waals surface area (Å²) in [7, 11) is 0. The first-order chi connectivity index (χ1) is 21.3. The fourth-order valence-electron chi connectivity index (χ4n) is 6.71. The van der Waals surface area contributed by atoms with E-state index in [1.54, 1.807) is 0 Å². The van der Waals surface area contributed by atoms with Crippen LogP contribution in [0, 0.1) is 0 Å². The van der Waals surface area contributed by atoms with Gasteiger partial charge in [0, 0.05) is 32.5 Å². The maximum absolute atomic E-state index is 6.29. The normalized spacial score (nSPS) is 12.2. The molecule has 0 saturated heterocycles. The first-order valence-corrected chi connectivity index (χ1v) is 14.3. The van der Waals surface area contributed by atoms with Crippen LogP contribution in [0.5, 0.6) is 0 Å². The minimum atomic E-state index is 0.510. The van der Waals surface area contributed by atoms with Gasteiger partial charge in [-0.25, -0.2) is 9.97 Å². The summed E-state index contributed by atoms with van der Waals surface area (Å²) in [5.74, 6) is 0.748. The van der Waals surface area contributed by atoms with Crippen molar-refractivity contribution in [3.05, 3.63) is 127 Å². The molecule has 0 aliphatic rings. The Kier molecular flexibility index (Phi) is 4.39. The summed E-state index contributed by atoms with van der Waals surface area (Å²) in [6, 6.07) is 43.9. The average molecular weight is 552 g/mol. The molecule has 0 fully saturated rings. The van der Waals surface area contributed by atoms with Crippen LogP contribution in [0.3, 0.4) is 0 Å². The van der Waals surface area contributed by atoms with Gasteiger partial charge in [0.1, 0.15) is 28.0 Å². The maximum atomic E-state index is 6.29. The van der Waals surface area contributed by atoms with E-state index in [1.165, 1.54) is 21.5 Å². The molecule has 0 N–H and O–H groups in total. The van der Waals surface area contributed by atoms with Crippen molar-refractivity contribution in [1.29, 1.82) is 0 Å². The van der Waals surface area contributed by atoms with Crippen molar-refractivity contribution in [2.75, 3.05) is 0 Å².